The van der Waals surface area contributed by atoms with E-state index in [1.54, 1.807) is 6.33 Å². The molecule has 1 fully saturated rings. The van der Waals surface area contributed by atoms with E-state index in [-0.39, 0.29) is 24.7 Å². The maximum atomic E-state index is 12.1. The molecule has 1 saturated carbocycles. The number of carbonyl (C=O) groups is 1. The van der Waals surface area contributed by atoms with Crippen LogP contribution in [0.2, 0.25) is 0 Å². The normalized spacial score (nSPS) is 17.9. The van der Waals surface area contributed by atoms with Crippen LogP contribution in [0.25, 0.3) is 33.6 Å². The van der Waals surface area contributed by atoms with Gasteiger partial charge in [0.15, 0.2) is 0 Å². The molecule has 1 N–H and O–H groups in total. The molecule has 2 aromatic carbocycles. The summed E-state index contributed by atoms with van der Waals surface area (Å²) in [6.45, 7) is 7.62. The first-order chi connectivity index (χ1) is 18.3. The lowest BCUT2D eigenvalue weighted by molar-refractivity contribution is -0.162. The lowest BCUT2D eigenvalue weighted by Gasteiger charge is -2.30. The zero-order valence-corrected chi connectivity index (χ0v) is 22.5. The van der Waals surface area contributed by atoms with Crippen LogP contribution in [0, 0.1) is 6.92 Å². The van der Waals surface area contributed by atoms with Crippen molar-refractivity contribution >= 4 is 22.9 Å². The number of aryl methyl sites for hydroxylation is 1. The maximum absolute atomic E-state index is 12.1. The Bertz CT molecular complexity index is 1390. The van der Waals surface area contributed by atoms with E-state index in [4.69, 9.17) is 13.9 Å². The van der Waals surface area contributed by atoms with E-state index >= 15 is 0 Å². The summed E-state index contributed by atoms with van der Waals surface area (Å²) in [4.78, 5) is 21.3. The van der Waals surface area contributed by atoms with Crippen LogP contribution in [0.1, 0.15) is 52.0 Å². The number of aromatic nitrogens is 2. The third-order valence-electron chi connectivity index (χ3n) is 6.69. The number of ether oxygens (including phenoxy) is 2. The molecular weight excluding hydrogens is 478 g/mol. The molecule has 0 spiro atoms. The Morgan fingerprint density at radius 2 is 1.79 bits per heavy atom. The average molecular weight is 514 g/mol. The van der Waals surface area contributed by atoms with Gasteiger partial charge in [-0.25, -0.2) is 14.8 Å². The number of benzene rings is 2. The molecule has 0 unspecified atom stereocenters. The zero-order chi connectivity index (χ0) is 26.7. The van der Waals surface area contributed by atoms with Gasteiger partial charge in [0.25, 0.3) is 0 Å². The molecular formula is C31H35N3O4. The third-order valence-corrected chi connectivity index (χ3v) is 6.69. The maximum Gasteiger partial charge on any atom is 0.332 e. The summed E-state index contributed by atoms with van der Waals surface area (Å²) in [5.74, 6) is 1.18. The number of esters is 1. The van der Waals surface area contributed by atoms with Crippen molar-refractivity contribution in [3.8, 4) is 22.5 Å². The summed E-state index contributed by atoms with van der Waals surface area (Å²) < 4.78 is 17.7. The Labute approximate surface area is 223 Å². The number of fused-ring (bicyclic) bond motifs is 1. The Morgan fingerprint density at radius 1 is 1.03 bits per heavy atom. The van der Waals surface area contributed by atoms with Gasteiger partial charge in [-0.05, 0) is 58.9 Å². The predicted octanol–water partition coefficient (Wildman–Crippen LogP) is 6.95. The fourth-order valence-corrected chi connectivity index (χ4v) is 5.01. The fraction of sp³-hybridized carbons (Fsp3) is 0.387. The molecule has 0 radical (unpaired) electrons. The fourth-order valence-electron chi connectivity index (χ4n) is 5.01. The molecule has 2 atom stereocenters. The highest BCUT2D eigenvalue weighted by Crippen LogP contribution is 2.43. The van der Waals surface area contributed by atoms with Crippen LogP contribution < -0.4 is 5.32 Å². The molecule has 2 heterocycles. The van der Waals surface area contributed by atoms with Gasteiger partial charge >= 0.3 is 5.97 Å². The van der Waals surface area contributed by atoms with Crippen molar-refractivity contribution in [1.29, 1.82) is 0 Å². The van der Waals surface area contributed by atoms with Crippen molar-refractivity contribution in [2.24, 2.45) is 0 Å². The first-order valence-electron chi connectivity index (χ1n) is 13.3. The summed E-state index contributed by atoms with van der Waals surface area (Å²) >= 11 is 0. The van der Waals surface area contributed by atoms with Gasteiger partial charge in [0, 0.05) is 17.2 Å². The molecule has 2 aromatic heterocycles. The van der Waals surface area contributed by atoms with Crippen molar-refractivity contribution in [2.45, 2.75) is 71.1 Å². The van der Waals surface area contributed by atoms with Crippen molar-refractivity contribution in [3.63, 3.8) is 0 Å². The van der Waals surface area contributed by atoms with Gasteiger partial charge in [0.2, 0.25) is 5.71 Å². The first kappa shape index (κ1) is 25.9. The Morgan fingerprint density at radius 3 is 2.53 bits per heavy atom. The van der Waals surface area contributed by atoms with E-state index in [2.05, 4.69) is 46.5 Å². The molecule has 0 bridgehead atoms. The van der Waals surface area contributed by atoms with Gasteiger partial charge in [0.1, 0.15) is 30.1 Å². The van der Waals surface area contributed by atoms with Gasteiger partial charge in [-0.1, -0.05) is 60.2 Å². The highest BCUT2D eigenvalue weighted by Gasteiger charge is 2.27. The zero-order valence-electron chi connectivity index (χ0n) is 22.5. The third kappa shape index (κ3) is 6.05. The average Bonchev–Trinajstić information content (AvgIpc) is 3.28. The number of carbonyl (C=O) groups excluding carboxylic acids is 1. The van der Waals surface area contributed by atoms with Gasteiger partial charge in [-0.15, -0.1) is 0 Å². The van der Waals surface area contributed by atoms with Crippen molar-refractivity contribution in [2.75, 3.05) is 11.9 Å². The van der Waals surface area contributed by atoms with Crippen LogP contribution in [-0.2, 0) is 14.3 Å². The van der Waals surface area contributed by atoms with Crippen LogP contribution in [0.4, 0.5) is 5.82 Å². The molecule has 38 heavy (non-hydrogen) atoms. The second-order valence-electron chi connectivity index (χ2n) is 11.0. The molecule has 7 heteroatoms. The Kier molecular flexibility index (Phi) is 7.47. The van der Waals surface area contributed by atoms with Crippen molar-refractivity contribution < 1.29 is 18.7 Å². The summed E-state index contributed by atoms with van der Waals surface area (Å²) in [6.07, 6.45) is 5.20. The number of hydrogen-bond acceptors (Lipinski definition) is 7. The number of hydrogen-bond donors (Lipinski definition) is 1. The number of nitrogens with one attached hydrogen (secondary N) is 1. The second kappa shape index (κ2) is 11.0. The monoisotopic (exact) mass is 513 g/mol. The Balaban J connectivity index is 1.42. The minimum Gasteiger partial charge on any atom is -0.458 e. The van der Waals surface area contributed by atoms with E-state index in [9.17, 15) is 4.79 Å². The highest BCUT2D eigenvalue weighted by atomic mass is 16.6. The number of furan rings is 1. The molecule has 198 valence electrons. The quantitative estimate of drug-likeness (QED) is 0.268. The summed E-state index contributed by atoms with van der Waals surface area (Å²) in [5.41, 5.74) is 4.23. The lowest BCUT2D eigenvalue weighted by atomic mass is 9.92. The predicted molar refractivity (Wildman–Crippen MR) is 149 cm³/mol. The van der Waals surface area contributed by atoms with Crippen LogP contribution in [0.3, 0.4) is 0 Å². The lowest BCUT2D eigenvalue weighted by Crippen LogP contribution is -2.34. The number of rotatable bonds is 7. The smallest absolute Gasteiger partial charge is 0.332 e. The van der Waals surface area contributed by atoms with Crippen LogP contribution in [-0.4, -0.2) is 40.3 Å². The van der Waals surface area contributed by atoms with E-state index in [1.807, 2.05) is 51.1 Å². The number of nitrogens with zero attached hydrogens (tertiary/aromatic N) is 2. The van der Waals surface area contributed by atoms with Crippen LogP contribution >= 0.6 is 0 Å². The topological polar surface area (TPSA) is 86.5 Å². The molecule has 0 amide bonds. The van der Waals surface area contributed by atoms with E-state index in [1.165, 1.54) is 5.56 Å². The standard InChI is InChI=1S/C31H35N3O4/c1-20-13-15-21(16-14-20)26-27-29(32-19-33-30(27)37-28(26)22-9-6-5-7-10-22)34-23-11-8-12-24(17-23)36-18-25(35)38-31(2,3)4/h5-7,9-10,13-16,19,23-24H,8,11-12,17-18H2,1-4H3,(H,32,33,34)/t23-,24-/m0/s1. The van der Waals surface area contributed by atoms with Gasteiger partial charge < -0.3 is 19.2 Å². The molecule has 4 aromatic rings. The minimum absolute atomic E-state index is 0.0214. The second-order valence-corrected chi connectivity index (χ2v) is 11.0. The Hall–Kier alpha value is -3.71. The van der Waals surface area contributed by atoms with Crippen LogP contribution in [0.15, 0.2) is 65.3 Å². The molecule has 0 saturated heterocycles. The summed E-state index contributed by atoms with van der Waals surface area (Å²) in [5, 5.41) is 4.53. The highest BCUT2D eigenvalue weighted by molar-refractivity contribution is 6.05. The minimum atomic E-state index is -0.520. The van der Waals surface area contributed by atoms with Crippen LogP contribution in [0.5, 0.6) is 0 Å². The van der Waals surface area contributed by atoms with E-state index < -0.39 is 5.60 Å². The first-order valence-corrected chi connectivity index (χ1v) is 13.3. The summed E-state index contributed by atoms with van der Waals surface area (Å²) in [6, 6.07) is 18.7. The summed E-state index contributed by atoms with van der Waals surface area (Å²) in [7, 11) is 0. The van der Waals surface area contributed by atoms with Gasteiger partial charge in [-0.3, -0.25) is 0 Å². The van der Waals surface area contributed by atoms with Crippen molar-refractivity contribution in [1.82, 2.24) is 9.97 Å². The van der Waals surface area contributed by atoms with E-state index in [0.717, 1.165) is 59.3 Å². The molecule has 0 aliphatic heterocycles. The molecule has 7 nitrogen and oxygen atoms in total. The largest absolute Gasteiger partial charge is 0.458 e. The number of anilines is 1. The molecule has 1 aliphatic carbocycles. The van der Waals surface area contributed by atoms with E-state index in [0.29, 0.717) is 5.71 Å². The SMILES string of the molecule is Cc1ccc(-c2c(-c3ccccc3)oc3ncnc(N[C@H]4CCC[C@H](OCC(=O)OC(C)(C)C)C4)c23)cc1. The van der Waals surface area contributed by atoms with Crippen molar-refractivity contribution in [3.05, 3.63) is 66.5 Å². The molecule has 5 rings (SSSR count). The van der Waals surface area contributed by atoms with Gasteiger partial charge in [0.05, 0.1) is 11.5 Å². The molecule has 1 aliphatic rings. The van der Waals surface area contributed by atoms with Gasteiger partial charge in [-0.2, -0.15) is 0 Å².